The highest BCUT2D eigenvalue weighted by Crippen LogP contribution is 2.28. The summed E-state index contributed by atoms with van der Waals surface area (Å²) in [7, 11) is -1.36. The second-order valence-corrected chi connectivity index (χ2v) is 7.10. The Balaban J connectivity index is 2.66. The summed E-state index contributed by atoms with van der Waals surface area (Å²) >= 11 is 0. The molecule has 2 N–H and O–H groups in total. The van der Waals surface area contributed by atoms with Gasteiger partial charge in [-0.3, -0.25) is 0 Å². The van der Waals surface area contributed by atoms with E-state index in [2.05, 4.69) is 0 Å². The van der Waals surface area contributed by atoms with E-state index in [-0.39, 0.29) is 17.5 Å². The van der Waals surface area contributed by atoms with Crippen LogP contribution in [0.3, 0.4) is 0 Å². The topological polar surface area (TPSA) is 78.6 Å². The SMILES string of the molecule is CCS(=O)(=O)CCCOc1cc(OC)ccc1[C@H](C)N. The Kier molecular flexibility index (Phi) is 6.29. The van der Waals surface area contributed by atoms with Crippen molar-refractivity contribution in [2.45, 2.75) is 26.3 Å². The first kappa shape index (κ1) is 16.8. The molecule has 0 aromatic heterocycles. The predicted molar refractivity (Wildman–Crippen MR) is 80.0 cm³/mol. The third kappa shape index (κ3) is 5.02. The van der Waals surface area contributed by atoms with Crippen molar-refractivity contribution in [3.8, 4) is 11.5 Å². The van der Waals surface area contributed by atoms with Gasteiger partial charge < -0.3 is 15.2 Å². The Morgan fingerprint density at radius 2 is 2.05 bits per heavy atom. The van der Waals surface area contributed by atoms with Crippen molar-refractivity contribution >= 4 is 9.84 Å². The Morgan fingerprint density at radius 3 is 2.60 bits per heavy atom. The van der Waals surface area contributed by atoms with Crippen LogP contribution in [0.25, 0.3) is 0 Å². The predicted octanol–water partition coefficient (Wildman–Crippen LogP) is 1.92. The van der Waals surface area contributed by atoms with Crippen molar-refractivity contribution in [2.24, 2.45) is 5.73 Å². The van der Waals surface area contributed by atoms with Crippen molar-refractivity contribution in [2.75, 3.05) is 25.2 Å². The molecule has 0 unspecified atom stereocenters. The maximum atomic E-state index is 11.4. The molecule has 0 spiro atoms. The van der Waals surface area contributed by atoms with Crippen LogP contribution >= 0.6 is 0 Å². The van der Waals surface area contributed by atoms with Gasteiger partial charge in [-0.15, -0.1) is 0 Å². The van der Waals surface area contributed by atoms with Crippen molar-refractivity contribution in [3.05, 3.63) is 23.8 Å². The maximum absolute atomic E-state index is 11.4. The first-order chi connectivity index (χ1) is 9.39. The lowest BCUT2D eigenvalue weighted by Gasteiger charge is -2.15. The molecule has 0 saturated heterocycles. The molecule has 1 atom stereocenters. The molecule has 5 nitrogen and oxygen atoms in total. The average Bonchev–Trinajstić information content (AvgIpc) is 2.43. The number of ether oxygens (including phenoxy) is 2. The summed E-state index contributed by atoms with van der Waals surface area (Å²) in [5.74, 6) is 1.64. The molecule has 0 radical (unpaired) electrons. The van der Waals surface area contributed by atoms with Crippen molar-refractivity contribution < 1.29 is 17.9 Å². The quantitative estimate of drug-likeness (QED) is 0.742. The van der Waals surface area contributed by atoms with Crippen LogP contribution in [0.2, 0.25) is 0 Å². The number of methoxy groups -OCH3 is 1. The van der Waals surface area contributed by atoms with Gasteiger partial charge in [0.15, 0.2) is 0 Å². The summed E-state index contributed by atoms with van der Waals surface area (Å²) in [4.78, 5) is 0. The maximum Gasteiger partial charge on any atom is 0.150 e. The number of sulfone groups is 1. The summed E-state index contributed by atoms with van der Waals surface area (Å²) in [6, 6.07) is 5.30. The number of hydrogen-bond donors (Lipinski definition) is 1. The summed E-state index contributed by atoms with van der Waals surface area (Å²) in [6.45, 7) is 3.86. The summed E-state index contributed by atoms with van der Waals surface area (Å²) in [5.41, 5.74) is 6.76. The smallest absolute Gasteiger partial charge is 0.150 e. The Morgan fingerprint density at radius 1 is 1.35 bits per heavy atom. The molecule has 6 heteroatoms. The highest BCUT2D eigenvalue weighted by molar-refractivity contribution is 7.91. The molecule has 20 heavy (non-hydrogen) atoms. The van der Waals surface area contributed by atoms with Crippen LogP contribution in [-0.2, 0) is 9.84 Å². The van der Waals surface area contributed by atoms with Crippen LogP contribution in [0.4, 0.5) is 0 Å². The van der Waals surface area contributed by atoms with E-state index in [4.69, 9.17) is 15.2 Å². The van der Waals surface area contributed by atoms with Crippen LogP contribution in [0.15, 0.2) is 18.2 Å². The Hall–Kier alpha value is -1.27. The molecule has 114 valence electrons. The molecule has 0 heterocycles. The van der Waals surface area contributed by atoms with Gasteiger partial charge in [0, 0.05) is 23.4 Å². The summed E-state index contributed by atoms with van der Waals surface area (Å²) in [6.07, 6.45) is 0.464. The van der Waals surface area contributed by atoms with Gasteiger partial charge in [-0.05, 0) is 19.4 Å². The van der Waals surface area contributed by atoms with E-state index in [0.29, 0.717) is 24.5 Å². The molecule has 0 saturated carbocycles. The highest BCUT2D eigenvalue weighted by atomic mass is 32.2. The van der Waals surface area contributed by atoms with E-state index in [1.807, 2.05) is 19.1 Å². The van der Waals surface area contributed by atoms with E-state index in [1.54, 1.807) is 20.1 Å². The van der Waals surface area contributed by atoms with Crippen LogP contribution in [-0.4, -0.2) is 33.6 Å². The lowest BCUT2D eigenvalue weighted by molar-refractivity contribution is 0.310. The van der Waals surface area contributed by atoms with E-state index >= 15 is 0 Å². The van der Waals surface area contributed by atoms with E-state index in [9.17, 15) is 8.42 Å². The number of hydrogen-bond acceptors (Lipinski definition) is 5. The van der Waals surface area contributed by atoms with Gasteiger partial charge in [0.1, 0.15) is 21.3 Å². The molecule has 0 aliphatic rings. The average molecular weight is 301 g/mol. The minimum absolute atomic E-state index is 0.140. The van der Waals surface area contributed by atoms with Gasteiger partial charge in [-0.2, -0.15) is 0 Å². The van der Waals surface area contributed by atoms with Gasteiger partial charge in [0.05, 0.1) is 19.5 Å². The van der Waals surface area contributed by atoms with E-state index in [1.165, 1.54) is 0 Å². The zero-order chi connectivity index (χ0) is 15.2. The van der Waals surface area contributed by atoms with Crippen molar-refractivity contribution in [1.29, 1.82) is 0 Å². The second kappa shape index (κ2) is 7.50. The van der Waals surface area contributed by atoms with Crippen LogP contribution in [0.5, 0.6) is 11.5 Å². The van der Waals surface area contributed by atoms with Gasteiger partial charge in [0.25, 0.3) is 0 Å². The first-order valence-corrected chi connectivity index (χ1v) is 8.48. The Bertz CT molecular complexity index is 526. The third-order valence-electron chi connectivity index (χ3n) is 3.01. The van der Waals surface area contributed by atoms with Crippen molar-refractivity contribution in [1.82, 2.24) is 0 Å². The van der Waals surface area contributed by atoms with E-state index < -0.39 is 9.84 Å². The lowest BCUT2D eigenvalue weighted by Crippen LogP contribution is -2.13. The molecule has 0 bridgehead atoms. The molecule has 1 aromatic carbocycles. The van der Waals surface area contributed by atoms with Gasteiger partial charge in [0.2, 0.25) is 0 Å². The molecule has 1 aromatic rings. The van der Waals surface area contributed by atoms with Crippen LogP contribution in [0, 0.1) is 0 Å². The Labute approximate surface area is 121 Å². The van der Waals surface area contributed by atoms with Gasteiger partial charge in [-0.1, -0.05) is 13.0 Å². The molecule has 1 rings (SSSR count). The zero-order valence-electron chi connectivity index (χ0n) is 12.3. The molecule has 0 amide bonds. The lowest BCUT2D eigenvalue weighted by atomic mass is 10.1. The number of rotatable bonds is 8. The monoisotopic (exact) mass is 301 g/mol. The fraction of sp³-hybridized carbons (Fsp3) is 0.571. The van der Waals surface area contributed by atoms with Crippen LogP contribution < -0.4 is 15.2 Å². The normalized spacial score (nSPS) is 13.0. The second-order valence-electron chi connectivity index (χ2n) is 4.63. The minimum Gasteiger partial charge on any atom is -0.497 e. The van der Waals surface area contributed by atoms with Crippen LogP contribution in [0.1, 0.15) is 31.9 Å². The molecular formula is C14H23NO4S. The molecule has 0 aliphatic heterocycles. The van der Waals surface area contributed by atoms with Gasteiger partial charge >= 0.3 is 0 Å². The largest absolute Gasteiger partial charge is 0.497 e. The fourth-order valence-corrected chi connectivity index (χ4v) is 2.59. The van der Waals surface area contributed by atoms with Crippen molar-refractivity contribution in [3.63, 3.8) is 0 Å². The molecular weight excluding hydrogens is 278 g/mol. The summed E-state index contributed by atoms with van der Waals surface area (Å²) < 4.78 is 33.6. The standard InChI is InChI=1S/C14H23NO4S/c1-4-20(16,17)9-5-8-19-14-10-12(18-3)6-7-13(14)11(2)15/h6-7,10-11H,4-5,8-9,15H2,1-3H3/t11-/m0/s1. The molecule has 0 aliphatic carbocycles. The van der Waals surface area contributed by atoms with E-state index in [0.717, 1.165) is 5.56 Å². The number of benzene rings is 1. The summed E-state index contributed by atoms with van der Waals surface area (Å²) in [5, 5.41) is 0. The highest BCUT2D eigenvalue weighted by Gasteiger charge is 2.11. The number of nitrogens with two attached hydrogens (primary N) is 1. The minimum atomic E-state index is -2.94. The fourth-order valence-electron chi connectivity index (χ4n) is 1.75. The van der Waals surface area contributed by atoms with Gasteiger partial charge in [-0.25, -0.2) is 8.42 Å². The zero-order valence-corrected chi connectivity index (χ0v) is 13.1. The first-order valence-electron chi connectivity index (χ1n) is 6.66. The molecule has 0 fully saturated rings. The third-order valence-corrected chi connectivity index (χ3v) is 4.80.